The van der Waals surface area contributed by atoms with Crippen LogP contribution in [0.3, 0.4) is 0 Å². The van der Waals surface area contributed by atoms with Crippen molar-refractivity contribution < 1.29 is 4.74 Å². The number of methoxy groups -OCH3 is 1. The zero-order valence-corrected chi connectivity index (χ0v) is 11.8. The fourth-order valence-corrected chi connectivity index (χ4v) is 3.75. The Balaban J connectivity index is 2.03. The van der Waals surface area contributed by atoms with E-state index in [0.717, 1.165) is 24.5 Å². The zero-order valence-electron chi connectivity index (χ0n) is 10.9. The van der Waals surface area contributed by atoms with Gasteiger partial charge in [-0.1, -0.05) is 0 Å². The van der Waals surface area contributed by atoms with Crippen molar-refractivity contribution in [2.24, 2.45) is 0 Å². The molecule has 0 radical (unpaired) electrons. The minimum absolute atomic E-state index is 0.543. The summed E-state index contributed by atoms with van der Waals surface area (Å²) in [6.07, 6.45) is 0. The normalized spacial score (nSPS) is 16.1. The van der Waals surface area contributed by atoms with Crippen molar-refractivity contribution in [3.05, 3.63) is 29.7 Å². The zero-order chi connectivity index (χ0) is 13.0. The van der Waals surface area contributed by atoms with Gasteiger partial charge in [-0.3, -0.25) is 4.40 Å². The first-order valence-electron chi connectivity index (χ1n) is 6.44. The van der Waals surface area contributed by atoms with E-state index in [4.69, 9.17) is 9.72 Å². The monoisotopic (exact) mass is 273 g/mol. The maximum atomic E-state index is 5.31. The summed E-state index contributed by atoms with van der Waals surface area (Å²) in [6.45, 7) is 4.16. The van der Waals surface area contributed by atoms with E-state index in [9.17, 15) is 0 Å². The Hall–Kier alpha value is -1.59. The van der Waals surface area contributed by atoms with Crippen LogP contribution in [0.4, 0.5) is 0 Å². The predicted molar refractivity (Wildman–Crippen MR) is 77.5 cm³/mol. The Bertz CT molecular complexity index is 770. The lowest BCUT2D eigenvalue weighted by Gasteiger charge is -2.25. The summed E-state index contributed by atoms with van der Waals surface area (Å²) >= 11 is 1.79. The molecule has 0 amide bonds. The maximum Gasteiger partial charge on any atom is 0.123 e. The van der Waals surface area contributed by atoms with Crippen LogP contribution < -0.4 is 10.1 Å². The Labute approximate surface area is 115 Å². The van der Waals surface area contributed by atoms with Crippen LogP contribution in [-0.4, -0.2) is 29.6 Å². The third kappa shape index (κ3) is 1.52. The standard InChI is InChI=1S/C14H15N3OS/c1-8-14-17(13(16-8)9-6-15-7-9)11-4-3-10(18-2)5-12(11)19-14/h3-5,9,15H,6-7H2,1-2H3. The van der Waals surface area contributed by atoms with Crippen LogP contribution in [0.5, 0.6) is 5.75 Å². The number of nitrogens with one attached hydrogen (secondary N) is 1. The highest BCUT2D eigenvalue weighted by Crippen LogP contribution is 2.34. The number of hydrogen-bond donors (Lipinski definition) is 1. The molecule has 3 aromatic rings. The second-order valence-corrected chi connectivity index (χ2v) is 6.02. The Kier molecular flexibility index (Phi) is 2.34. The maximum absolute atomic E-state index is 5.31. The number of fused-ring (bicyclic) bond motifs is 3. The fourth-order valence-electron chi connectivity index (χ4n) is 2.62. The summed E-state index contributed by atoms with van der Waals surface area (Å²) in [5.41, 5.74) is 2.37. The summed E-state index contributed by atoms with van der Waals surface area (Å²) < 4.78 is 8.88. The van der Waals surface area contributed by atoms with Gasteiger partial charge in [-0.05, 0) is 25.1 Å². The molecule has 0 aliphatic carbocycles. The van der Waals surface area contributed by atoms with Crippen LogP contribution in [0.1, 0.15) is 17.4 Å². The molecule has 5 heteroatoms. The number of nitrogens with zero attached hydrogens (tertiary/aromatic N) is 2. The molecule has 98 valence electrons. The summed E-state index contributed by atoms with van der Waals surface area (Å²) in [7, 11) is 1.71. The molecule has 2 aromatic heterocycles. The first-order chi connectivity index (χ1) is 9.28. The van der Waals surface area contributed by atoms with Gasteiger partial charge in [-0.15, -0.1) is 11.3 Å². The van der Waals surface area contributed by atoms with Gasteiger partial charge in [-0.25, -0.2) is 4.98 Å². The topological polar surface area (TPSA) is 38.6 Å². The van der Waals surface area contributed by atoms with Gasteiger partial charge in [0.25, 0.3) is 0 Å². The Morgan fingerprint density at radius 2 is 2.26 bits per heavy atom. The highest BCUT2D eigenvalue weighted by molar-refractivity contribution is 7.24. The molecule has 19 heavy (non-hydrogen) atoms. The molecule has 1 aromatic carbocycles. The van der Waals surface area contributed by atoms with Gasteiger partial charge in [0, 0.05) is 19.0 Å². The molecule has 1 saturated heterocycles. The lowest BCUT2D eigenvalue weighted by atomic mass is 10.0. The molecule has 4 rings (SSSR count). The second kappa shape index (κ2) is 3.95. The van der Waals surface area contributed by atoms with Gasteiger partial charge in [0.2, 0.25) is 0 Å². The van der Waals surface area contributed by atoms with E-state index >= 15 is 0 Å². The van der Waals surface area contributed by atoms with Crippen LogP contribution in [-0.2, 0) is 0 Å². The minimum Gasteiger partial charge on any atom is -0.497 e. The molecule has 1 aliphatic heterocycles. The molecule has 1 aliphatic rings. The highest BCUT2D eigenvalue weighted by Gasteiger charge is 2.26. The van der Waals surface area contributed by atoms with Gasteiger partial charge in [0.05, 0.1) is 23.0 Å². The molecule has 0 saturated carbocycles. The van der Waals surface area contributed by atoms with Crippen molar-refractivity contribution in [2.75, 3.05) is 20.2 Å². The number of imidazole rings is 1. The number of thiazole rings is 1. The lowest BCUT2D eigenvalue weighted by Crippen LogP contribution is -2.40. The number of aromatic nitrogens is 2. The molecule has 1 fully saturated rings. The van der Waals surface area contributed by atoms with Crippen LogP contribution >= 0.6 is 11.3 Å². The smallest absolute Gasteiger partial charge is 0.123 e. The van der Waals surface area contributed by atoms with Gasteiger partial charge in [0.1, 0.15) is 16.4 Å². The highest BCUT2D eigenvalue weighted by atomic mass is 32.1. The predicted octanol–water partition coefficient (Wildman–Crippen LogP) is 2.55. The lowest BCUT2D eigenvalue weighted by molar-refractivity contribution is 0.415. The SMILES string of the molecule is COc1ccc2c(c1)sc1c(C)nc(C3CNC3)n12. The number of benzene rings is 1. The van der Waals surface area contributed by atoms with Gasteiger partial charge in [-0.2, -0.15) is 0 Å². The van der Waals surface area contributed by atoms with Crippen molar-refractivity contribution in [3.63, 3.8) is 0 Å². The van der Waals surface area contributed by atoms with Crippen molar-refractivity contribution >= 4 is 26.4 Å². The molecule has 1 N–H and O–H groups in total. The molecular weight excluding hydrogens is 258 g/mol. The average molecular weight is 273 g/mol. The van der Waals surface area contributed by atoms with Crippen LogP contribution in [0, 0.1) is 6.92 Å². The quantitative estimate of drug-likeness (QED) is 0.780. The summed E-state index contributed by atoms with van der Waals surface area (Å²) in [6, 6.07) is 6.26. The van der Waals surface area contributed by atoms with Gasteiger partial charge < -0.3 is 10.1 Å². The van der Waals surface area contributed by atoms with Crippen molar-refractivity contribution in [1.82, 2.24) is 14.7 Å². The Morgan fingerprint density at radius 1 is 1.42 bits per heavy atom. The molecule has 0 spiro atoms. The van der Waals surface area contributed by atoms with E-state index in [1.165, 1.54) is 20.9 Å². The van der Waals surface area contributed by atoms with Crippen LogP contribution in [0.2, 0.25) is 0 Å². The van der Waals surface area contributed by atoms with E-state index in [1.807, 2.05) is 6.07 Å². The third-order valence-corrected chi connectivity index (χ3v) is 5.00. The van der Waals surface area contributed by atoms with Crippen molar-refractivity contribution in [3.8, 4) is 5.75 Å². The van der Waals surface area contributed by atoms with Gasteiger partial charge >= 0.3 is 0 Å². The number of ether oxygens (including phenoxy) is 1. The molecular formula is C14H15N3OS. The average Bonchev–Trinajstić information content (AvgIpc) is 2.86. The molecule has 3 heterocycles. The summed E-state index contributed by atoms with van der Waals surface area (Å²) in [4.78, 5) is 6.02. The number of rotatable bonds is 2. The molecule has 0 bridgehead atoms. The molecule has 0 atom stereocenters. The molecule has 0 unspecified atom stereocenters. The van der Waals surface area contributed by atoms with E-state index in [-0.39, 0.29) is 0 Å². The fraction of sp³-hybridized carbons (Fsp3) is 0.357. The van der Waals surface area contributed by atoms with Gasteiger partial charge in [0.15, 0.2) is 0 Å². The van der Waals surface area contributed by atoms with Crippen molar-refractivity contribution in [1.29, 1.82) is 0 Å². The van der Waals surface area contributed by atoms with E-state index in [0.29, 0.717) is 5.92 Å². The second-order valence-electron chi connectivity index (χ2n) is 4.99. The minimum atomic E-state index is 0.543. The summed E-state index contributed by atoms with van der Waals surface area (Å²) in [5, 5.41) is 3.32. The van der Waals surface area contributed by atoms with Crippen LogP contribution in [0.25, 0.3) is 15.0 Å². The summed E-state index contributed by atoms with van der Waals surface area (Å²) in [5.74, 6) is 2.65. The van der Waals surface area contributed by atoms with E-state index in [1.54, 1.807) is 18.4 Å². The number of hydrogen-bond acceptors (Lipinski definition) is 4. The van der Waals surface area contributed by atoms with Crippen LogP contribution in [0.15, 0.2) is 18.2 Å². The van der Waals surface area contributed by atoms with E-state index < -0.39 is 0 Å². The molecule has 4 nitrogen and oxygen atoms in total. The number of aryl methyl sites for hydroxylation is 1. The third-order valence-electron chi connectivity index (χ3n) is 3.79. The first kappa shape index (κ1) is 11.3. The first-order valence-corrected chi connectivity index (χ1v) is 7.26. The largest absolute Gasteiger partial charge is 0.497 e. The van der Waals surface area contributed by atoms with Crippen molar-refractivity contribution in [2.45, 2.75) is 12.8 Å². The van der Waals surface area contributed by atoms with E-state index in [2.05, 4.69) is 28.8 Å². The Morgan fingerprint density at radius 3 is 2.95 bits per heavy atom.